The van der Waals surface area contributed by atoms with Gasteiger partial charge in [0, 0.05) is 11.6 Å². The van der Waals surface area contributed by atoms with Crippen LogP contribution in [0.3, 0.4) is 0 Å². The topological polar surface area (TPSA) is 26.3 Å². The van der Waals surface area contributed by atoms with E-state index < -0.39 is 64.1 Å². The van der Waals surface area contributed by atoms with E-state index in [0.717, 1.165) is 6.08 Å². The molecule has 0 aromatic heterocycles. The molecule has 0 unspecified atom stereocenters. The minimum Gasteiger partial charge on any atom is -0.460 e. The maximum atomic E-state index is 13.9. The Hall–Kier alpha value is -1.70. The van der Waals surface area contributed by atoms with E-state index in [1.54, 1.807) is 13.8 Å². The number of hydrogen-bond donors (Lipinski definition) is 0. The first-order valence-corrected chi connectivity index (χ1v) is 8.46. The molecule has 27 heavy (non-hydrogen) atoms. The number of allylic oxidation sites excluding steroid dienone is 2. The van der Waals surface area contributed by atoms with Crippen molar-refractivity contribution < 1.29 is 35.9 Å². The molecule has 1 fully saturated rings. The van der Waals surface area contributed by atoms with Crippen LogP contribution in [0, 0.1) is 34.7 Å². The highest BCUT2D eigenvalue weighted by Crippen LogP contribution is 2.60. The molecule has 1 aromatic carbocycles. The summed E-state index contributed by atoms with van der Waals surface area (Å²) in [4.78, 5) is 12.2. The summed E-state index contributed by atoms with van der Waals surface area (Å²) in [5, 5.41) is -1.35. The van der Waals surface area contributed by atoms with Gasteiger partial charge in [0.1, 0.15) is 17.5 Å². The fourth-order valence-corrected chi connectivity index (χ4v) is 3.28. The molecule has 1 aliphatic rings. The second kappa shape index (κ2) is 7.37. The second-order valence-electron chi connectivity index (χ2n) is 6.91. The van der Waals surface area contributed by atoms with E-state index in [9.17, 15) is 31.1 Å². The van der Waals surface area contributed by atoms with Gasteiger partial charge in [-0.3, -0.25) is 4.79 Å². The van der Waals surface area contributed by atoms with Crippen LogP contribution in [-0.2, 0) is 22.6 Å². The monoisotopic (exact) mass is 414 g/mol. The van der Waals surface area contributed by atoms with Gasteiger partial charge in [0.05, 0.1) is 5.92 Å². The van der Waals surface area contributed by atoms with Crippen molar-refractivity contribution >= 4 is 17.6 Å². The maximum Gasteiger partial charge on any atom is 0.426 e. The van der Waals surface area contributed by atoms with Gasteiger partial charge in [-0.05, 0) is 23.3 Å². The normalized spacial score (nSPS) is 21.9. The molecule has 1 saturated carbocycles. The van der Waals surface area contributed by atoms with Crippen molar-refractivity contribution in [3.8, 4) is 0 Å². The van der Waals surface area contributed by atoms with Crippen LogP contribution in [0.1, 0.15) is 31.9 Å². The Bertz CT molecular complexity index is 785. The van der Waals surface area contributed by atoms with Gasteiger partial charge in [0.2, 0.25) is 0 Å². The van der Waals surface area contributed by atoms with Gasteiger partial charge in [-0.15, -0.1) is 0 Å². The van der Waals surface area contributed by atoms with Gasteiger partial charge in [0.15, 0.2) is 11.6 Å². The van der Waals surface area contributed by atoms with Crippen LogP contribution in [0.4, 0.5) is 26.3 Å². The van der Waals surface area contributed by atoms with Crippen molar-refractivity contribution in [3.63, 3.8) is 0 Å². The van der Waals surface area contributed by atoms with Crippen molar-refractivity contribution in [2.75, 3.05) is 0 Å². The quantitative estimate of drug-likeness (QED) is 0.353. The van der Waals surface area contributed by atoms with Gasteiger partial charge < -0.3 is 4.74 Å². The van der Waals surface area contributed by atoms with Crippen molar-refractivity contribution in [2.45, 2.75) is 40.0 Å². The van der Waals surface area contributed by atoms with E-state index in [0.29, 0.717) is 6.07 Å². The zero-order valence-electron chi connectivity index (χ0n) is 14.7. The lowest BCUT2D eigenvalue weighted by Crippen LogP contribution is -2.14. The smallest absolute Gasteiger partial charge is 0.426 e. The van der Waals surface area contributed by atoms with Crippen LogP contribution < -0.4 is 0 Å². The van der Waals surface area contributed by atoms with E-state index >= 15 is 0 Å². The van der Waals surface area contributed by atoms with E-state index in [1.807, 2.05) is 0 Å². The predicted octanol–water partition coefficient (Wildman–Crippen LogP) is 5.67. The third-order valence-corrected chi connectivity index (χ3v) is 5.19. The molecular weight excluding hydrogens is 398 g/mol. The number of hydrogen-bond acceptors (Lipinski definition) is 2. The first kappa shape index (κ1) is 21.6. The lowest BCUT2D eigenvalue weighted by Gasteiger charge is -2.12. The van der Waals surface area contributed by atoms with E-state index in [-0.39, 0.29) is 12.0 Å². The molecule has 0 N–H and O–H groups in total. The van der Waals surface area contributed by atoms with Crippen LogP contribution in [0.5, 0.6) is 0 Å². The number of rotatable bonds is 5. The highest BCUT2D eigenvalue weighted by molar-refractivity contribution is 6.30. The zero-order valence-corrected chi connectivity index (χ0v) is 15.4. The summed E-state index contributed by atoms with van der Waals surface area (Å²) in [6, 6.07) is 0.406. The Balaban J connectivity index is 2.16. The van der Waals surface area contributed by atoms with Crippen molar-refractivity contribution in [3.05, 3.63) is 45.8 Å². The Labute approximate surface area is 157 Å². The molecule has 1 aromatic rings. The summed E-state index contributed by atoms with van der Waals surface area (Å²) >= 11 is 5.21. The summed E-state index contributed by atoms with van der Waals surface area (Å²) in [5.41, 5.74) is -1.41. The summed E-state index contributed by atoms with van der Waals surface area (Å²) < 4.78 is 83.7. The lowest BCUT2D eigenvalue weighted by molar-refractivity contribution is -0.147. The average molecular weight is 415 g/mol. The molecule has 1 aliphatic carbocycles. The number of alkyl halides is 3. The molecule has 2 nitrogen and oxygen atoms in total. The number of carbonyl (C=O) groups is 1. The maximum absolute atomic E-state index is 13.9. The number of ether oxygens (including phenoxy) is 1. The average Bonchev–Trinajstić information content (AvgIpc) is 3.08. The first-order chi connectivity index (χ1) is 12.3. The zero-order chi connectivity index (χ0) is 20.7. The third kappa shape index (κ3) is 4.25. The highest BCUT2D eigenvalue weighted by atomic mass is 35.5. The van der Waals surface area contributed by atoms with E-state index in [4.69, 9.17) is 16.3 Å². The number of halogens is 7. The Morgan fingerprint density at radius 2 is 1.81 bits per heavy atom. The number of carbonyl (C=O) groups excluding carboxylic acids is 1. The fourth-order valence-electron chi connectivity index (χ4n) is 3.14. The molecule has 0 amide bonds. The first-order valence-electron chi connectivity index (χ1n) is 8.08. The molecule has 9 heteroatoms. The van der Waals surface area contributed by atoms with Crippen LogP contribution in [0.25, 0.3) is 0 Å². The molecular formula is C18H17ClF6O2. The van der Waals surface area contributed by atoms with E-state index in [2.05, 4.69) is 0 Å². The molecule has 0 aliphatic heterocycles. The van der Waals surface area contributed by atoms with Crippen LogP contribution in [0.2, 0.25) is 0 Å². The minimum absolute atomic E-state index is 0.0391. The van der Waals surface area contributed by atoms with Gasteiger partial charge in [-0.2, -0.15) is 13.2 Å². The predicted molar refractivity (Wildman–Crippen MR) is 86.2 cm³/mol. The summed E-state index contributed by atoms with van der Waals surface area (Å²) in [5.74, 6) is -6.35. The molecule has 2 rings (SSSR count). The molecule has 0 saturated heterocycles. The fraction of sp³-hybridized carbons (Fsp3) is 0.500. The summed E-state index contributed by atoms with van der Waals surface area (Å²) in [6.07, 6.45) is -3.95. The van der Waals surface area contributed by atoms with Gasteiger partial charge in [-0.1, -0.05) is 38.4 Å². The van der Waals surface area contributed by atoms with Crippen molar-refractivity contribution in [1.29, 1.82) is 0 Å². The Morgan fingerprint density at radius 3 is 2.33 bits per heavy atom. The highest BCUT2D eigenvalue weighted by Gasteiger charge is 2.62. The van der Waals surface area contributed by atoms with Crippen molar-refractivity contribution in [2.24, 2.45) is 17.3 Å². The van der Waals surface area contributed by atoms with Crippen LogP contribution in [0.15, 0.2) is 17.2 Å². The third-order valence-electron chi connectivity index (χ3n) is 4.85. The van der Waals surface area contributed by atoms with Gasteiger partial charge in [0.25, 0.3) is 0 Å². The van der Waals surface area contributed by atoms with Crippen molar-refractivity contribution in [1.82, 2.24) is 0 Å². The molecule has 0 bridgehead atoms. The van der Waals surface area contributed by atoms with Gasteiger partial charge in [-0.25, -0.2) is 13.2 Å². The molecule has 0 radical (unpaired) electrons. The summed E-state index contributed by atoms with van der Waals surface area (Å²) in [6.45, 7) is 3.91. The van der Waals surface area contributed by atoms with Crippen LogP contribution >= 0.6 is 11.6 Å². The molecule has 0 spiro atoms. The molecule has 0 heterocycles. The second-order valence-corrected chi connectivity index (χ2v) is 7.32. The molecule has 2 atom stereocenters. The Kier molecular flexibility index (Phi) is 5.90. The standard InChI is InChI=1S/C18H17ClF6O2/c1-4-8-9(15(22)12(21)6-11(8)20)7-27-16(26)14-10(17(14,2)3)5-13(19)18(23,24)25/h5-6,10,14H,4,7H2,1-3H3/b13-5-/t10-,14-/m0/s1. The SMILES string of the molecule is CCc1c(F)cc(F)c(F)c1COC(=O)[C@@H]1[C@H](/C=C(\Cl)C(F)(F)F)C1(C)C. The number of esters is 1. The largest absolute Gasteiger partial charge is 0.460 e. The lowest BCUT2D eigenvalue weighted by atomic mass is 10.0. The van der Waals surface area contributed by atoms with E-state index in [1.165, 1.54) is 6.92 Å². The van der Waals surface area contributed by atoms with Crippen LogP contribution in [-0.4, -0.2) is 12.1 Å². The Morgan fingerprint density at radius 1 is 1.22 bits per heavy atom. The number of benzene rings is 1. The molecule has 150 valence electrons. The minimum atomic E-state index is -4.73. The van der Waals surface area contributed by atoms with Gasteiger partial charge >= 0.3 is 12.1 Å². The summed E-state index contributed by atoms with van der Waals surface area (Å²) in [7, 11) is 0.